The summed E-state index contributed by atoms with van der Waals surface area (Å²) in [6.07, 6.45) is 1.44. The molecule has 0 spiro atoms. The summed E-state index contributed by atoms with van der Waals surface area (Å²) >= 11 is 0. The zero-order chi connectivity index (χ0) is 14.2. The highest BCUT2D eigenvalue weighted by Crippen LogP contribution is 2.22. The number of hydrogen-bond donors (Lipinski definition) is 1. The summed E-state index contributed by atoms with van der Waals surface area (Å²) in [5.74, 6) is 0. The summed E-state index contributed by atoms with van der Waals surface area (Å²) in [4.78, 5) is 0.303. The summed E-state index contributed by atoms with van der Waals surface area (Å²) in [6.45, 7) is 4.87. The third kappa shape index (κ3) is 2.84. The first-order valence-electron chi connectivity index (χ1n) is 6.35. The van der Waals surface area contributed by atoms with Gasteiger partial charge in [0.15, 0.2) is 0 Å². The van der Waals surface area contributed by atoms with Gasteiger partial charge in [-0.2, -0.15) is 4.31 Å². The van der Waals surface area contributed by atoms with Gasteiger partial charge in [-0.25, -0.2) is 8.42 Å². The van der Waals surface area contributed by atoms with Crippen molar-refractivity contribution in [3.8, 4) is 0 Å². The standard InChI is InChI=1S/C12H21N3O3S/c1-9-6-15(7-10(2)18-9)19(16,17)12-4-11(5-13)14(3)8-12/h4,8-10H,5-7,13H2,1-3H3. The van der Waals surface area contributed by atoms with Crippen molar-refractivity contribution in [1.29, 1.82) is 0 Å². The molecule has 2 rings (SSSR count). The minimum absolute atomic E-state index is 0.0868. The summed E-state index contributed by atoms with van der Waals surface area (Å²) in [5.41, 5.74) is 6.38. The second-order valence-corrected chi connectivity index (χ2v) is 7.00. The van der Waals surface area contributed by atoms with E-state index in [9.17, 15) is 8.42 Å². The van der Waals surface area contributed by atoms with Gasteiger partial charge in [-0.15, -0.1) is 0 Å². The van der Waals surface area contributed by atoms with Gasteiger partial charge in [0.2, 0.25) is 10.0 Å². The zero-order valence-electron chi connectivity index (χ0n) is 11.5. The molecular formula is C12H21N3O3S. The normalized spacial score (nSPS) is 25.7. The highest BCUT2D eigenvalue weighted by atomic mass is 32.2. The lowest BCUT2D eigenvalue weighted by molar-refractivity contribution is -0.0440. The van der Waals surface area contributed by atoms with Crippen LogP contribution in [0.3, 0.4) is 0 Å². The van der Waals surface area contributed by atoms with E-state index in [4.69, 9.17) is 10.5 Å². The van der Waals surface area contributed by atoms with E-state index in [0.29, 0.717) is 24.5 Å². The average Bonchev–Trinajstić information content (AvgIpc) is 2.70. The molecule has 108 valence electrons. The molecule has 0 radical (unpaired) electrons. The van der Waals surface area contributed by atoms with Gasteiger partial charge in [-0.3, -0.25) is 0 Å². The maximum atomic E-state index is 12.6. The van der Waals surface area contributed by atoms with Gasteiger partial charge in [0.25, 0.3) is 0 Å². The molecule has 2 N–H and O–H groups in total. The van der Waals surface area contributed by atoms with Gasteiger partial charge >= 0.3 is 0 Å². The minimum atomic E-state index is -3.46. The SMILES string of the molecule is CC1CN(S(=O)(=O)c2cc(CN)n(C)c2)CC(C)O1. The van der Waals surface area contributed by atoms with Crippen molar-refractivity contribution in [1.82, 2.24) is 8.87 Å². The van der Waals surface area contributed by atoms with Crippen LogP contribution in [0.2, 0.25) is 0 Å². The summed E-state index contributed by atoms with van der Waals surface area (Å²) in [7, 11) is -1.67. The molecule has 1 aliphatic heterocycles. The molecule has 7 heteroatoms. The van der Waals surface area contributed by atoms with Gasteiger partial charge in [-0.1, -0.05) is 0 Å². The first kappa shape index (κ1) is 14.5. The molecule has 2 heterocycles. The predicted octanol–water partition coefficient (Wildman–Crippen LogP) is 0.282. The van der Waals surface area contributed by atoms with E-state index in [2.05, 4.69) is 0 Å². The van der Waals surface area contributed by atoms with Crippen LogP contribution in [-0.2, 0) is 28.4 Å². The fraction of sp³-hybridized carbons (Fsp3) is 0.667. The topological polar surface area (TPSA) is 77.6 Å². The van der Waals surface area contributed by atoms with Crippen molar-refractivity contribution in [3.63, 3.8) is 0 Å². The minimum Gasteiger partial charge on any atom is -0.373 e. The largest absolute Gasteiger partial charge is 0.373 e. The Bertz CT molecular complexity index is 543. The molecule has 1 aromatic heterocycles. The monoisotopic (exact) mass is 287 g/mol. The number of hydrogen-bond acceptors (Lipinski definition) is 4. The Morgan fingerprint density at radius 2 is 1.95 bits per heavy atom. The molecular weight excluding hydrogens is 266 g/mol. The van der Waals surface area contributed by atoms with E-state index in [1.54, 1.807) is 23.9 Å². The van der Waals surface area contributed by atoms with Crippen LogP contribution < -0.4 is 5.73 Å². The molecule has 0 aromatic carbocycles. The van der Waals surface area contributed by atoms with Crippen LogP contribution >= 0.6 is 0 Å². The maximum absolute atomic E-state index is 12.6. The number of sulfonamides is 1. The number of ether oxygens (including phenoxy) is 1. The van der Waals surface area contributed by atoms with Gasteiger partial charge in [-0.05, 0) is 19.9 Å². The van der Waals surface area contributed by atoms with Crippen molar-refractivity contribution in [2.24, 2.45) is 12.8 Å². The van der Waals surface area contributed by atoms with E-state index in [1.165, 1.54) is 4.31 Å². The molecule has 1 fully saturated rings. The number of rotatable bonds is 3. The molecule has 0 bridgehead atoms. The number of nitrogens with zero attached hydrogens (tertiary/aromatic N) is 2. The van der Waals surface area contributed by atoms with E-state index in [0.717, 1.165) is 5.69 Å². The second-order valence-electron chi connectivity index (χ2n) is 5.06. The Hall–Kier alpha value is -0.890. The number of aromatic nitrogens is 1. The van der Waals surface area contributed by atoms with Crippen LogP contribution in [0, 0.1) is 0 Å². The first-order chi connectivity index (χ1) is 8.84. The Morgan fingerprint density at radius 3 is 2.42 bits per heavy atom. The molecule has 0 saturated carbocycles. The van der Waals surface area contributed by atoms with Crippen molar-refractivity contribution in [3.05, 3.63) is 18.0 Å². The quantitative estimate of drug-likeness (QED) is 0.866. The number of morpholine rings is 1. The van der Waals surface area contributed by atoms with Crippen LogP contribution in [0.15, 0.2) is 17.2 Å². The molecule has 19 heavy (non-hydrogen) atoms. The third-order valence-corrected chi connectivity index (χ3v) is 5.11. The Morgan fingerprint density at radius 1 is 1.37 bits per heavy atom. The molecule has 2 atom stereocenters. The van der Waals surface area contributed by atoms with E-state index < -0.39 is 10.0 Å². The van der Waals surface area contributed by atoms with Crippen LogP contribution in [0.5, 0.6) is 0 Å². The van der Waals surface area contributed by atoms with Crippen LogP contribution in [0.25, 0.3) is 0 Å². The molecule has 1 aromatic rings. The molecule has 6 nitrogen and oxygen atoms in total. The van der Waals surface area contributed by atoms with Crippen molar-refractivity contribution in [2.75, 3.05) is 13.1 Å². The van der Waals surface area contributed by atoms with E-state index in [-0.39, 0.29) is 12.2 Å². The second kappa shape index (κ2) is 5.24. The Kier molecular flexibility index (Phi) is 4.00. The lowest BCUT2D eigenvalue weighted by Gasteiger charge is -2.34. The highest BCUT2D eigenvalue weighted by molar-refractivity contribution is 7.89. The first-order valence-corrected chi connectivity index (χ1v) is 7.79. The molecule has 0 amide bonds. The zero-order valence-corrected chi connectivity index (χ0v) is 12.4. The van der Waals surface area contributed by atoms with Gasteiger partial charge in [0.05, 0.1) is 12.2 Å². The summed E-state index contributed by atoms with van der Waals surface area (Å²) in [6, 6.07) is 1.64. The molecule has 2 unspecified atom stereocenters. The van der Waals surface area contributed by atoms with Gasteiger partial charge in [0, 0.05) is 38.6 Å². The average molecular weight is 287 g/mol. The number of nitrogens with two attached hydrogens (primary N) is 1. The lowest BCUT2D eigenvalue weighted by atomic mass is 10.3. The lowest BCUT2D eigenvalue weighted by Crippen LogP contribution is -2.48. The Labute approximate surface area is 114 Å². The van der Waals surface area contributed by atoms with E-state index in [1.807, 2.05) is 13.8 Å². The Balaban J connectivity index is 2.30. The summed E-state index contributed by atoms with van der Waals surface area (Å²) in [5, 5.41) is 0. The fourth-order valence-electron chi connectivity index (χ4n) is 2.40. The van der Waals surface area contributed by atoms with Gasteiger partial charge in [0.1, 0.15) is 4.90 Å². The third-order valence-electron chi connectivity index (χ3n) is 3.32. The van der Waals surface area contributed by atoms with E-state index >= 15 is 0 Å². The molecule has 1 aliphatic rings. The summed E-state index contributed by atoms with van der Waals surface area (Å²) < 4.78 is 34.0. The molecule has 1 saturated heterocycles. The van der Waals surface area contributed by atoms with Crippen LogP contribution in [0.4, 0.5) is 0 Å². The van der Waals surface area contributed by atoms with Crippen LogP contribution in [-0.4, -0.2) is 42.6 Å². The van der Waals surface area contributed by atoms with Crippen molar-refractivity contribution in [2.45, 2.75) is 37.5 Å². The fourth-order valence-corrected chi connectivity index (χ4v) is 4.08. The van der Waals surface area contributed by atoms with Crippen molar-refractivity contribution < 1.29 is 13.2 Å². The van der Waals surface area contributed by atoms with Gasteiger partial charge < -0.3 is 15.0 Å². The maximum Gasteiger partial charge on any atom is 0.244 e. The predicted molar refractivity (Wildman–Crippen MR) is 72.1 cm³/mol. The number of aryl methyl sites for hydroxylation is 1. The van der Waals surface area contributed by atoms with Crippen molar-refractivity contribution >= 4 is 10.0 Å². The molecule has 0 aliphatic carbocycles. The van der Waals surface area contributed by atoms with Crippen LogP contribution in [0.1, 0.15) is 19.5 Å². The smallest absolute Gasteiger partial charge is 0.244 e. The highest BCUT2D eigenvalue weighted by Gasteiger charge is 2.32.